The van der Waals surface area contributed by atoms with E-state index in [9.17, 15) is 9.59 Å². The Morgan fingerprint density at radius 1 is 1.00 bits per heavy atom. The average Bonchev–Trinajstić information content (AvgIpc) is 2.65. The van der Waals surface area contributed by atoms with Crippen LogP contribution >= 0.6 is 23.2 Å². The highest BCUT2D eigenvalue weighted by Crippen LogP contribution is 2.38. The molecule has 2 aromatic carbocycles. The van der Waals surface area contributed by atoms with Gasteiger partial charge in [0.05, 0.1) is 11.4 Å². The third-order valence-electron chi connectivity index (χ3n) is 5.43. The fourth-order valence-corrected chi connectivity index (χ4v) is 3.94. The Balaban J connectivity index is 1.99. The van der Waals surface area contributed by atoms with Crippen molar-refractivity contribution in [2.45, 2.75) is 39.7 Å². The van der Waals surface area contributed by atoms with Gasteiger partial charge in [0.15, 0.2) is 0 Å². The number of amides is 2. The summed E-state index contributed by atoms with van der Waals surface area (Å²) < 4.78 is 0. The SMILES string of the molecule is CC(C)C1C(=O)Nc2cc(Cl)ccc2N1C(=O)C(C)C(C)c1ccc(Cl)cc1. The number of benzene rings is 2. The van der Waals surface area contributed by atoms with Crippen molar-refractivity contribution in [1.29, 1.82) is 0 Å². The molecular formula is C22H24Cl2N2O2. The first-order valence-electron chi connectivity index (χ1n) is 9.39. The molecule has 3 unspecified atom stereocenters. The van der Waals surface area contributed by atoms with Crippen molar-refractivity contribution >= 4 is 46.4 Å². The maximum absolute atomic E-state index is 13.6. The van der Waals surface area contributed by atoms with E-state index in [1.165, 1.54) is 0 Å². The van der Waals surface area contributed by atoms with Gasteiger partial charge in [-0.15, -0.1) is 0 Å². The third-order valence-corrected chi connectivity index (χ3v) is 5.91. The van der Waals surface area contributed by atoms with Crippen LogP contribution in [0.1, 0.15) is 39.2 Å². The maximum Gasteiger partial charge on any atom is 0.247 e. The lowest BCUT2D eigenvalue weighted by molar-refractivity contribution is -0.127. The molecule has 3 rings (SSSR count). The third kappa shape index (κ3) is 3.89. The molecule has 0 fully saturated rings. The smallest absolute Gasteiger partial charge is 0.247 e. The molecule has 3 atom stereocenters. The largest absolute Gasteiger partial charge is 0.322 e. The van der Waals surface area contributed by atoms with Crippen LogP contribution in [0.25, 0.3) is 0 Å². The van der Waals surface area contributed by atoms with E-state index in [0.29, 0.717) is 21.4 Å². The minimum absolute atomic E-state index is 0.0293. The van der Waals surface area contributed by atoms with Crippen molar-refractivity contribution in [3.63, 3.8) is 0 Å². The summed E-state index contributed by atoms with van der Waals surface area (Å²) in [5.41, 5.74) is 2.28. The topological polar surface area (TPSA) is 49.4 Å². The molecule has 0 bridgehead atoms. The van der Waals surface area contributed by atoms with Gasteiger partial charge >= 0.3 is 0 Å². The van der Waals surface area contributed by atoms with E-state index in [1.54, 1.807) is 23.1 Å². The quantitative estimate of drug-likeness (QED) is 0.687. The fourth-order valence-electron chi connectivity index (χ4n) is 3.64. The lowest BCUT2D eigenvalue weighted by Crippen LogP contribution is -2.55. The molecule has 0 aromatic heterocycles. The number of nitrogens with one attached hydrogen (secondary N) is 1. The van der Waals surface area contributed by atoms with Gasteiger partial charge in [-0.2, -0.15) is 0 Å². The second kappa shape index (κ2) is 8.14. The minimum Gasteiger partial charge on any atom is -0.322 e. The summed E-state index contributed by atoms with van der Waals surface area (Å²) in [7, 11) is 0. The first-order valence-corrected chi connectivity index (χ1v) is 10.1. The minimum atomic E-state index is -0.568. The van der Waals surface area contributed by atoms with Crippen molar-refractivity contribution < 1.29 is 9.59 Å². The Hall–Kier alpha value is -2.04. The molecule has 148 valence electrons. The predicted octanol–water partition coefficient (Wildman–Crippen LogP) is 5.74. The Morgan fingerprint density at radius 3 is 2.21 bits per heavy atom. The van der Waals surface area contributed by atoms with Gasteiger partial charge in [-0.3, -0.25) is 14.5 Å². The van der Waals surface area contributed by atoms with Crippen LogP contribution in [-0.4, -0.2) is 17.9 Å². The molecule has 2 aromatic rings. The van der Waals surface area contributed by atoms with Crippen molar-refractivity contribution in [3.8, 4) is 0 Å². The number of nitrogens with zero attached hydrogens (tertiary/aromatic N) is 1. The second-order valence-corrected chi connectivity index (χ2v) is 8.55. The van der Waals surface area contributed by atoms with Gasteiger partial charge in [-0.05, 0) is 47.7 Å². The number of hydrogen-bond acceptors (Lipinski definition) is 2. The van der Waals surface area contributed by atoms with Gasteiger partial charge in [0.1, 0.15) is 6.04 Å². The molecule has 0 saturated heterocycles. The van der Waals surface area contributed by atoms with Crippen molar-refractivity contribution in [2.24, 2.45) is 11.8 Å². The number of carbonyl (C=O) groups excluding carboxylic acids is 2. The first kappa shape index (κ1) is 20.7. The van der Waals surface area contributed by atoms with Crippen molar-refractivity contribution in [1.82, 2.24) is 0 Å². The highest BCUT2D eigenvalue weighted by Gasteiger charge is 2.41. The van der Waals surface area contributed by atoms with Crippen LogP contribution in [0.4, 0.5) is 11.4 Å². The average molecular weight is 419 g/mol. The standard InChI is InChI=1S/C22H24Cl2N2O2/c1-12(2)20-21(27)25-18-11-17(24)9-10-19(18)26(20)22(28)14(4)13(3)15-5-7-16(23)8-6-15/h5-14,20H,1-4H3,(H,25,27). The Labute approximate surface area is 175 Å². The first-order chi connectivity index (χ1) is 13.2. The van der Waals surface area contributed by atoms with E-state index in [1.807, 2.05) is 52.0 Å². The molecule has 1 heterocycles. The summed E-state index contributed by atoms with van der Waals surface area (Å²) in [5, 5.41) is 4.06. The zero-order chi connectivity index (χ0) is 20.6. The molecule has 1 aliphatic heterocycles. The Morgan fingerprint density at radius 2 is 1.61 bits per heavy atom. The highest BCUT2D eigenvalue weighted by molar-refractivity contribution is 6.31. The summed E-state index contributed by atoms with van der Waals surface area (Å²) >= 11 is 12.1. The zero-order valence-corrected chi connectivity index (χ0v) is 17.9. The van der Waals surface area contributed by atoms with Crippen LogP contribution in [0.2, 0.25) is 10.0 Å². The van der Waals surface area contributed by atoms with Gasteiger partial charge in [0, 0.05) is 16.0 Å². The molecular weight excluding hydrogens is 395 g/mol. The van der Waals surface area contributed by atoms with E-state index >= 15 is 0 Å². The molecule has 2 amide bonds. The number of hydrogen-bond donors (Lipinski definition) is 1. The molecule has 28 heavy (non-hydrogen) atoms. The van der Waals surface area contributed by atoms with Crippen molar-refractivity contribution in [2.75, 3.05) is 10.2 Å². The number of carbonyl (C=O) groups is 2. The van der Waals surface area contributed by atoms with Crippen LogP contribution in [0.3, 0.4) is 0 Å². The summed E-state index contributed by atoms with van der Waals surface area (Å²) in [6.07, 6.45) is 0. The fraction of sp³-hybridized carbons (Fsp3) is 0.364. The maximum atomic E-state index is 13.6. The van der Waals surface area contributed by atoms with E-state index in [2.05, 4.69) is 5.32 Å². The Kier molecular flexibility index (Phi) is 6.01. The van der Waals surface area contributed by atoms with Gasteiger partial charge in [0.2, 0.25) is 11.8 Å². The highest BCUT2D eigenvalue weighted by atomic mass is 35.5. The number of rotatable bonds is 4. The number of anilines is 2. The lowest BCUT2D eigenvalue weighted by Gasteiger charge is -2.40. The van der Waals surface area contributed by atoms with E-state index < -0.39 is 6.04 Å². The molecule has 0 radical (unpaired) electrons. The second-order valence-electron chi connectivity index (χ2n) is 7.68. The van der Waals surface area contributed by atoms with E-state index in [-0.39, 0.29) is 29.6 Å². The molecule has 0 aliphatic carbocycles. The van der Waals surface area contributed by atoms with Gasteiger partial charge in [-0.1, -0.05) is 63.0 Å². The molecule has 1 N–H and O–H groups in total. The molecule has 0 saturated carbocycles. The monoisotopic (exact) mass is 418 g/mol. The van der Waals surface area contributed by atoms with Crippen LogP contribution < -0.4 is 10.2 Å². The molecule has 6 heteroatoms. The summed E-state index contributed by atoms with van der Waals surface area (Å²) in [4.78, 5) is 28.0. The van der Waals surface area contributed by atoms with Crippen LogP contribution in [0.5, 0.6) is 0 Å². The van der Waals surface area contributed by atoms with Gasteiger partial charge in [0.25, 0.3) is 0 Å². The van der Waals surface area contributed by atoms with Crippen LogP contribution in [0, 0.1) is 11.8 Å². The van der Waals surface area contributed by atoms with Gasteiger partial charge in [-0.25, -0.2) is 0 Å². The normalized spacial score (nSPS) is 18.5. The predicted molar refractivity (Wildman–Crippen MR) is 115 cm³/mol. The summed E-state index contributed by atoms with van der Waals surface area (Å²) in [5.74, 6) is -0.662. The Bertz CT molecular complexity index is 896. The molecule has 1 aliphatic rings. The van der Waals surface area contributed by atoms with Crippen LogP contribution in [-0.2, 0) is 9.59 Å². The number of halogens is 2. The molecule has 4 nitrogen and oxygen atoms in total. The van der Waals surface area contributed by atoms with Crippen LogP contribution in [0.15, 0.2) is 42.5 Å². The zero-order valence-electron chi connectivity index (χ0n) is 16.4. The van der Waals surface area contributed by atoms with Crippen molar-refractivity contribution in [3.05, 3.63) is 58.1 Å². The molecule has 0 spiro atoms. The van der Waals surface area contributed by atoms with Gasteiger partial charge < -0.3 is 5.32 Å². The summed E-state index contributed by atoms with van der Waals surface area (Å²) in [6, 6.07) is 12.2. The lowest BCUT2D eigenvalue weighted by atomic mass is 9.86. The number of fused-ring (bicyclic) bond motifs is 1. The van der Waals surface area contributed by atoms with E-state index in [0.717, 1.165) is 5.56 Å². The summed E-state index contributed by atoms with van der Waals surface area (Å²) in [6.45, 7) is 7.81. The van der Waals surface area contributed by atoms with E-state index in [4.69, 9.17) is 23.2 Å².